The number of hydrogen-bond donors (Lipinski definition) is 3. The lowest BCUT2D eigenvalue weighted by Gasteiger charge is -2.28. The van der Waals surface area contributed by atoms with Crippen LogP contribution in [0.3, 0.4) is 0 Å². The van der Waals surface area contributed by atoms with Gasteiger partial charge < -0.3 is 16.4 Å². The number of rotatable bonds is 5. The number of anilines is 1. The molecular formula is C28H28FN9. The molecule has 1 aromatic carbocycles. The maximum Gasteiger partial charge on any atom is 0.167 e. The fraction of sp³-hybridized carbons (Fsp3) is 0.286. The minimum Gasteiger partial charge on any atom is -0.383 e. The van der Waals surface area contributed by atoms with Crippen LogP contribution >= 0.6 is 0 Å². The lowest BCUT2D eigenvalue weighted by atomic mass is 10.0. The zero-order valence-corrected chi connectivity index (χ0v) is 20.8. The largest absolute Gasteiger partial charge is 0.383 e. The Hall–Kier alpha value is -4.15. The molecule has 0 saturated carbocycles. The average molecular weight is 510 g/mol. The number of pyridine rings is 2. The first kappa shape index (κ1) is 23.0. The molecule has 9 nitrogen and oxygen atoms in total. The number of nitrogens with zero attached hydrogens (tertiary/aromatic N) is 6. The molecule has 2 aliphatic rings. The second-order valence-electron chi connectivity index (χ2n) is 9.94. The maximum absolute atomic E-state index is 15.3. The van der Waals surface area contributed by atoms with Crippen LogP contribution < -0.4 is 16.4 Å². The summed E-state index contributed by atoms with van der Waals surface area (Å²) in [7, 11) is 0. The molecule has 192 valence electrons. The van der Waals surface area contributed by atoms with Crippen LogP contribution in [-0.2, 0) is 6.42 Å². The van der Waals surface area contributed by atoms with Crippen LogP contribution in [0.25, 0.3) is 34.1 Å². The number of halogens is 1. The van der Waals surface area contributed by atoms with Gasteiger partial charge in [-0.05, 0) is 79.5 Å². The molecule has 10 heteroatoms. The molecule has 0 radical (unpaired) electrons. The zero-order chi connectivity index (χ0) is 25.6. The van der Waals surface area contributed by atoms with Gasteiger partial charge >= 0.3 is 0 Å². The molecule has 1 aliphatic heterocycles. The minimum absolute atomic E-state index is 0.292. The predicted octanol–water partition coefficient (Wildman–Crippen LogP) is 3.53. The van der Waals surface area contributed by atoms with E-state index in [4.69, 9.17) is 15.7 Å². The Bertz CT molecular complexity index is 1600. The molecule has 1 fully saturated rings. The minimum atomic E-state index is -0.965. The van der Waals surface area contributed by atoms with E-state index in [0.717, 1.165) is 42.7 Å². The van der Waals surface area contributed by atoms with Gasteiger partial charge in [-0.2, -0.15) is 5.10 Å². The second-order valence-corrected chi connectivity index (χ2v) is 9.94. The molecule has 1 unspecified atom stereocenters. The van der Waals surface area contributed by atoms with Crippen molar-refractivity contribution < 1.29 is 4.39 Å². The van der Waals surface area contributed by atoms with Gasteiger partial charge in [-0.15, -0.1) is 0 Å². The van der Waals surface area contributed by atoms with Gasteiger partial charge in [-0.1, -0.05) is 6.07 Å². The third kappa shape index (κ3) is 3.93. The summed E-state index contributed by atoms with van der Waals surface area (Å²) in [5, 5.41) is 11.3. The highest BCUT2D eigenvalue weighted by Gasteiger charge is 2.34. The number of imidazole rings is 1. The van der Waals surface area contributed by atoms with Crippen molar-refractivity contribution in [3.05, 3.63) is 78.2 Å². The van der Waals surface area contributed by atoms with Crippen LogP contribution in [0.1, 0.15) is 30.0 Å². The first-order chi connectivity index (χ1) is 18.7. The summed E-state index contributed by atoms with van der Waals surface area (Å²) in [5.41, 5.74) is 11.2. The van der Waals surface area contributed by atoms with Crippen molar-refractivity contribution in [3.8, 4) is 22.9 Å². The molecule has 2 atom stereocenters. The number of nitrogens with two attached hydrogens (primary N) is 1. The highest BCUT2D eigenvalue weighted by Crippen LogP contribution is 2.37. The van der Waals surface area contributed by atoms with Gasteiger partial charge in [0.2, 0.25) is 0 Å². The SMILES string of the molecule is Nc1ncccc1-c1nc2ccc(-n3cccn3)nc2n1-c1ccc2c(c1)CC(F)[C@@H]2NC1CCNCC1. The van der Waals surface area contributed by atoms with Crippen LogP contribution in [0.2, 0.25) is 0 Å². The molecule has 38 heavy (non-hydrogen) atoms. The number of fused-ring (bicyclic) bond motifs is 2. The molecule has 5 aromatic rings. The number of piperidine rings is 1. The molecule has 1 aliphatic carbocycles. The van der Waals surface area contributed by atoms with E-state index in [1.54, 1.807) is 17.1 Å². The van der Waals surface area contributed by atoms with Gasteiger partial charge in [0.25, 0.3) is 0 Å². The number of nitrogen functional groups attached to an aromatic ring is 1. The molecule has 7 rings (SSSR count). The van der Waals surface area contributed by atoms with Gasteiger partial charge in [0.1, 0.15) is 17.5 Å². The van der Waals surface area contributed by atoms with E-state index >= 15 is 4.39 Å². The van der Waals surface area contributed by atoms with Crippen molar-refractivity contribution in [3.63, 3.8) is 0 Å². The van der Waals surface area contributed by atoms with Crippen LogP contribution in [0.5, 0.6) is 0 Å². The Kier molecular flexibility index (Phi) is 5.63. The van der Waals surface area contributed by atoms with Crippen LogP contribution in [0.15, 0.2) is 67.1 Å². The summed E-state index contributed by atoms with van der Waals surface area (Å²) >= 11 is 0. The number of alkyl halides is 1. The van der Waals surface area contributed by atoms with Gasteiger partial charge in [0, 0.05) is 36.7 Å². The van der Waals surface area contributed by atoms with Crippen molar-refractivity contribution in [2.75, 3.05) is 18.8 Å². The van der Waals surface area contributed by atoms with Crippen LogP contribution in [0, 0.1) is 0 Å². The Balaban J connectivity index is 1.35. The van der Waals surface area contributed by atoms with E-state index in [9.17, 15) is 0 Å². The molecule has 4 aromatic heterocycles. The Labute approximate surface area is 218 Å². The molecule has 4 N–H and O–H groups in total. The fourth-order valence-electron chi connectivity index (χ4n) is 5.68. The summed E-state index contributed by atoms with van der Waals surface area (Å²) < 4.78 is 19.0. The van der Waals surface area contributed by atoms with Crippen molar-refractivity contribution in [2.45, 2.75) is 37.5 Å². The van der Waals surface area contributed by atoms with E-state index in [1.165, 1.54) is 0 Å². The van der Waals surface area contributed by atoms with E-state index in [1.807, 2.05) is 53.2 Å². The highest BCUT2D eigenvalue weighted by atomic mass is 19.1. The summed E-state index contributed by atoms with van der Waals surface area (Å²) in [4.78, 5) is 14.1. The normalized spacial score (nSPS) is 19.7. The van der Waals surface area contributed by atoms with Gasteiger partial charge in [-0.3, -0.25) is 4.57 Å². The predicted molar refractivity (Wildman–Crippen MR) is 144 cm³/mol. The summed E-state index contributed by atoms with van der Waals surface area (Å²) in [6.45, 7) is 1.93. The van der Waals surface area contributed by atoms with Gasteiger partial charge in [0.05, 0.1) is 11.6 Å². The fourth-order valence-corrected chi connectivity index (χ4v) is 5.68. The summed E-state index contributed by atoms with van der Waals surface area (Å²) in [5.74, 6) is 1.69. The van der Waals surface area contributed by atoms with E-state index in [-0.39, 0.29) is 6.04 Å². The topological polar surface area (TPSA) is 112 Å². The van der Waals surface area contributed by atoms with Crippen molar-refractivity contribution in [1.82, 2.24) is 39.9 Å². The summed E-state index contributed by atoms with van der Waals surface area (Å²) in [6, 6.07) is 15.6. The van der Waals surface area contributed by atoms with Crippen molar-refractivity contribution >= 4 is 17.0 Å². The standard InChI is InChI=1S/C28H28FN9/c29-22-16-17-15-19(4-5-20(17)25(22)34-18-8-12-31-13-9-18)38-27(21-3-1-10-32-26(21)30)35-23-6-7-24(36-28(23)38)37-14-2-11-33-37/h1-7,10-11,14-15,18,22,25,31,34H,8-9,12-13,16H2,(H2,30,32)/t22?,25-/m1/s1. The van der Waals surface area contributed by atoms with Crippen LogP contribution in [0.4, 0.5) is 10.2 Å². The molecule has 0 bridgehead atoms. The van der Waals surface area contributed by atoms with E-state index in [2.05, 4.69) is 26.8 Å². The van der Waals surface area contributed by atoms with Crippen LogP contribution in [-0.4, -0.2) is 54.6 Å². The first-order valence-electron chi connectivity index (χ1n) is 13.0. The monoisotopic (exact) mass is 509 g/mol. The highest BCUT2D eigenvalue weighted by molar-refractivity contribution is 5.83. The number of benzene rings is 1. The number of aromatic nitrogens is 6. The van der Waals surface area contributed by atoms with E-state index < -0.39 is 6.17 Å². The molecule has 1 saturated heterocycles. The van der Waals surface area contributed by atoms with Crippen molar-refractivity contribution in [2.24, 2.45) is 0 Å². The average Bonchev–Trinajstić information content (AvgIpc) is 3.67. The molecular weight excluding hydrogens is 481 g/mol. The molecule has 5 heterocycles. The maximum atomic E-state index is 15.3. The third-order valence-corrected chi connectivity index (χ3v) is 7.56. The smallest absolute Gasteiger partial charge is 0.167 e. The number of nitrogens with one attached hydrogen (secondary N) is 2. The lowest BCUT2D eigenvalue weighted by molar-refractivity contribution is 0.238. The Morgan fingerprint density at radius 2 is 1.92 bits per heavy atom. The Morgan fingerprint density at radius 1 is 1.03 bits per heavy atom. The second kappa shape index (κ2) is 9.30. The molecule has 0 spiro atoms. The summed E-state index contributed by atoms with van der Waals surface area (Å²) in [6.07, 6.45) is 6.65. The lowest BCUT2D eigenvalue weighted by Crippen LogP contribution is -2.43. The van der Waals surface area contributed by atoms with E-state index in [0.29, 0.717) is 46.7 Å². The number of hydrogen-bond acceptors (Lipinski definition) is 7. The Morgan fingerprint density at radius 3 is 2.74 bits per heavy atom. The molecule has 0 amide bonds. The zero-order valence-electron chi connectivity index (χ0n) is 20.8. The quantitative estimate of drug-likeness (QED) is 0.332. The third-order valence-electron chi connectivity index (χ3n) is 7.56. The van der Waals surface area contributed by atoms with Gasteiger partial charge in [-0.25, -0.2) is 24.0 Å². The first-order valence-corrected chi connectivity index (χ1v) is 13.0. The van der Waals surface area contributed by atoms with Gasteiger partial charge in [0.15, 0.2) is 17.3 Å². The van der Waals surface area contributed by atoms with Crippen molar-refractivity contribution in [1.29, 1.82) is 0 Å².